The van der Waals surface area contributed by atoms with Gasteiger partial charge < -0.3 is 25.1 Å². The van der Waals surface area contributed by atoms with Crippen LogP contribution in [0.3, 0.4) is 0 Å². The number of hydrogen-bond acceptors (Lipinski definition) is 6. The van der Waals surface area contributed by atoms with Crippen LogP contribution in [0.4, 0.5) is 20.6 Å². The molecule has 8 nitrogen and oxygen atoms in total. The molecule has 9 heteroatoms. The molecule has 2 heterocycles. The Balaban J connectivity index is 1.70. The van der Waals surface area contributed by atoms with E-state index in [4.69, 9.17) is 9.47 Å². The molecule has 0 aliphatic carbocycles. The number of nitrogens with zero attached hydrogens (tertiary/aromatic N) is 1. The summed E-state index contributed by atoms with van der Waals surface area (Å²) in [5, 5.41) is 5.86. The van der Waals surface area contributed by atoms with Crippen molar-refractivity contribution in [3.63, 3.8) is 0 Å². The van der Waals surface area contributed by atoms with Crippen molar-refractivity contribution in [2.24, 2.45) is 0 Å². The highest BCUT2D eigenvalue weighted by Crippen LogP contribution is 2.27. The van der Waals surface area contributed by atoms with Gasteiger partial charge in [0, 0.05) is 30.1 Å². The summed E-state index contributed by atoms with van der Waals surface area (Å²) < 4.78 is 25.0. The fourth-order valence-electron chi connectivity index (χ4n) is 2.98. The van der Waals surface area contributed by atoms with Crippen LogP contribution in [0.25, 0.3) is 11.0 Å². The standard InChI is InChI=1S/C23H27FN4O4/c1-14-11-19(27-18-7-8-25-17-5-6-20(29)28-21(17)18)15(12-16(14)24)13-31-10-9-26-22(30)32-23(2,3)4/h5-8,11-12H,9-10,13H2,1-4H3,(H,25,27)(H,26,30)(H,28,29). The number of aromatic nitrogens is 2. The summed E-state index contributed by atoms with van der Waals surface area (Å²) in [6.07, 6.45) is 1.10. The second kappa shape index (κ2) is 9.78. The summed E-state index contributed by atoms with van der Waals surface area (Å²) in [7, 11) is 0. The zero-order chi connectivity index (χ0) is 23.3. The number of halogens is 1. The quantitative estimate of drug-likeness (QED) is 0.475. The van der Waals surface area contributed by atoms with Gasteiger partial charge in [-0.2, -0.15) is 0 Å². The number of aryl methyl sites for hydroxylation is 1. The Morgan fingerprint density at radius 1 is 1.19 bits per heavy atom. The fraction of sp³-hybridized carbons (Fsp3) is 0.348. The van der Waals surface area contributed by atoms with E-state index in [0.717, 1.165) is 0 Å². The van der Waals surface area contributed by atoms with Gasteiger partial charge in [0.05, 0.1) is 29.9 Å². The smallest absolute Gasteiger partial charge is 0.407 e. The van der Waals surface area contributed by atoms with Crippen LogP contribution in [-0.2, 0) is 16.1 Å². The highest BCUT2D eigenvalue weighted by molar-refractivity contribution is 5.89. The van der Waals surface area contributed by atoms with E-state index in [1.165, 1.54) is 12.1 Å². The van der Waals surface area contributed by atoms with E-state index in [0.29, 0.717) is 33.5 Å². The second-order valence-corrected chi connectivity index (χ2v) is 8.31. The average molecular weight is 442 g/mol. The predicted molar refractivity (Wildman–Crippen MR) is 121 cm³/mol. The molecule has 1 aromatic carbocycles. The largest absolute Gasteiger partial charge is 0.444 e. The molecule has 0 aliphatic heterocycles. The lowest BCUT2D eigenvalue weighted by molar-refractivity contribution is 0.0494. The number of aromatic amines is 1. The Morgan fingerprint density at radius 2 is 1.97 bits per heavy atom. The number of H-pyrrole nitrogens is 1. The number of hydrogen-bond donors (Lipinski definition) is 3. The first kappa shape index (κ1) is 23.2. The molecular weight excluding hydrogens is 415 g/mol. The number of rotatable bonds is 7. The number of carbonyl (C=O) groups is 1. The molecule has 0 saturated heterocycles. The van der Waals surface area contributed by atoms with Gasteiger partial charge in [-0.15, -0.1) is 0 Å². The van der Waals surface area contributed by atoms with Crippen molar-refractivity contribution >= 4 is 28.5 Å². The number of fused-ring (bicyclic) bond motifs is 1. The molecule has 0 fully saturated rings. The molecule has 3 rings (SSSR count). The molecule has 0 unspecified atom stereocenters. The van der Waals surface area contributed by atoms with Gasteiger partial charge in [-0.1, -0.05) is 0 Å². The molecule has 3 aromatic rings. The maximum absolute atomic E-state index is 14.2. The van der Waals surface area contributed by atoms with E-state index in [9.17, 15) is 14.0 Å². The summed E-state index contributed by atoms with van der Waals surface area (Å²) >= 11 is 0. The third-order valence-corrected chi connectivity index (χ3v) is 4.45. The summed E-state index contributed by atoms with van der Waals surface area (Å²) in [5.41, 5.74) is 2.68. The Kier molecular flexibility index (Phi) is 7.09. The van der Waals surface area contributed by atoms with Crippen molar-refractivity contribution in [2.75, 3.05) is 18.5 Å². The molecule has 32 heavy (non-hydrogen) atoms. The van der Waals surface area contributed by atoms with E-state index >= 15 is 0 Å². The normalized spacial score (nSPS) is 11.4. The minimum atomic E-state index is -0.577. The predicted octanol–water partition coefficient (Wildman–Crippen LogP) is 4.16. The molecule has 2 aromatic heterocycles. The molecule has 3 N–H and O–H groups in total. The highest BCUT2D eigenvalue weighted by Gasteiger charge is 2.15. The van der Waals surface area contributed by atoms with E-state index in [1.807, 2.05) is 0 Å². The summed E-state index contributed by atoms with van der Waals surface area (Å²) in [5.74, 6) is -0.353. The van der Waals surface area contributed by atoms with E-state index in [1.54, 1.807) is 52.1 Å². The Labute approximate surface area is 185 Å². The Hall–Kier alpha value is -3.46. The number of alkyl carbamates (subject to hydrolysis) is 1. The van der Waals surface area contributed by atoms with Crippen LogP contribution in [0.2, 0.25) is 0 Å². The zero-order valence-electron chi connectivity index (χ0n) is 18.5. The fourth-order valence-corrected chi connectivity index (χ4v) is 2.98. The first-order valence-electron chi connectivity index (χ1n) is 10.2. The topological polar surface area (TPSA) is 105 Å². The van der Waals surface area contributed by atoms with Crippen LogP contribution in [0, 0.1) is 12.7 Å². The Bertz CT molecular complexity index is 1170. The zero-order valence-corrected chi connectivity index (χ0v) is 18.5. The molecule has 0 atom stereocenters. The first-order valence-corrected chi connectivity index (χ1v) is 10.2. The monoisotopic (exact) mass is 442 g/mol. The summed E-state index contributed by atoms with van der Waals surface area (Å²) in [6, 6.07) is 7.86. The van der Waals surface area contributed by atoms with Crippen LogP contribution in [0.5, 0.6) is 0 Å². The van der Waals surface area contributed by atoms with E-state index < -0.39 is 11.7 Å². The van der Waals surface area contributed by atoms with Gasteiger partial charge in [0.1, 0.15) is 11.4 Å². The molecule has 0 spiro atoms. The van der Waals surface area contributed by atoms with Crippen molar-refractivity contribution < 1.29 is 18.7 Å². The summed E-state index contributed by atoms with van der Waals surface area (Å²) in [4.78, 5) is 30.5. The van der Waals surface area contributed by atoms with Crippen molar-refractivity contribution in [1.82, 2.24) is 15.3 Å². The van der Waals surface area contributed by atoms with Gasteiger partial charge in [-0.3, -0.25) is 9.78 Å². The number of nitrogens with one attached hydrogen (secondary N) is 3. The van der Waals surface area contributed by atoms with Crippen LogP contribution in [0.15, 0.2) is 41.3 Å². The maximum Gasteiger partial charge on any atom is 0.407 e. The SMILES string of the molecule is Cc1cc(Nc2ccnc3ccc(=O)[nH]c23)c(COCCNC(=O)OC(C)(C)C)cc1F. The van der Waals surface area contributed by atoms with Crippen LogP contribution in [-0.4, -0.2) is 34.8 Å². The van der Waals surface area contributed by atoms with Crippen molar-refractivity contribution in [3.05, 3.63) is 63.8 Å². The van der Waals surface area contributed by atoms with Crippen LogP contribution < -0.4 is 16.2 Å². The first-order chi connectivity index (χ1) is 15.1. The molecular formula is C23H27FN4O4. The van der Waals surface area contributed by atoms with E-state index in [-0.39, 0.29) is 31.1 Å². The third-order valence-electron chi connectivity index (χ3n) is 4.45. The average Bonchev–Trinajstić information content (AvgIpc) is 2.70. The van der Waals surface area contributed by atoms with Gasteiger partial charge in [0.15, 0.2) is 0 Å². The van der Waals surface area contributed by atoms with Gasteiger partial charge >= 0.3 is 6.09 Å². The highest BCUT2D eigenvalue weighted by atomic mass is 19.1. The molecule has 0 radical (unpaired) electrons. The molecule has 0 saturated carbocycles. The molecule has 170 valence electrons. The lowest BCUT2D eigenvalue weighted by Crippen LogP contribution is -2.34. The van der Waals surface area contributed by atoms with Crippen molar-refractivity contribution in [1.29, 1.82) is 0 Å². The lowest BCUT2D eigenvalue weighted by atomic mass is 10.1. The van der Waals surface area contributed by atoms with Gasteiger partial charge in [-0.25, -0.2) is 9.18 Å². The van der Waals surface area contributed by atoms with Crippen LogP contribution in [0.1, 0.15) is 31.9 Å². The van der Waals surface area contributed by atoms with Gasteiger partial charge in [-0.05, 0) is 57.5 Å². The minimum absolute atomic E-state index is 0.120. The number of anilines is 2. The molecule has 0 aliphatic rings. The number of amides is 1. The third kappa shape index (κ3) is 6.27. The molecule has 1 amide bonds. The number of benzene rings is 1. The Morgan fingerprint density at radius 3 is 2.72 bits per heavy atom. The molecule has 0 bridgehead atoms. The van der Waals surface area contributed by atoms with E-state index in [2.05, 4.69) is 20.6 Å². The number of carbonyl (C=O) groups excluding carboxylic acids is 1. The van der Waals surface area contributed by atoms with Gasteiger partial charge in [0.2, 0.25) is 5.56 Å². The number of ether oxygens (including phenoxy) is 2. The lowest BCUT2D eigenvalue weighted by Gasteiger charge is -2.19. The minimum Gasteiger partial charge on any atom is -0.444 e. The number of pyridine rings is 2. The van der Waals surface area contributed by atoms with Crippen molar-refractivity contribution in [3.8, 4) is 0 Å². The van der Waals surface area contributed by atoms with Gasteiger partial charge in [0.25, 0.3) is 0 Å². The maximum atomic E-state index is 14.2. The summed E-state index contributed by atoms with van der Waals surface area (Å²) in [6.45, 7) is 7.61. The van der Waals surface area contributed by atoms with Crippen molar-refractivity contribution in [2.45, 2.75) is 39.9 Å². The second-order valence-electron chi connectivity index (χ2n) is 8.31. The van der Waals surface area contributed by atoms with Crippen LogP contribution >= 0.6 is 0 Å².